The van der Waals surface area contributed by atoms with Crippen molar-refractivity contribution >= 4 is 6.09 Å². The van der Waals surface area contributed by atoms with Crippen LogP contribution in [0.2, 0.25) is 0 Å². The molecule has 1 atom stereocenters. The van der Waals surface area contributed by atoms with Crippen LogP contribution in [0.15, 0.2) is 18.2 Å². The van der Waals surface area contributed by atoms with Gasteiger partial charge in [-0.1, -0.05) is 18.2 Å². The molecule has 0 aliphatic carbocycles. The summed E-state index contributed by atoms with van der Waals surface area (Å²) in [7, 11) is 0. The summed E-state index contributed by atoms with van der Waals surface area (Å²) in [6.45, 7) is 9.38. The number of rotatable bonds is 1. The van der Waals surface area contributed by atoms with Crippen molar-refractivity contribution in [3.05, 3.63) is 34.9 Å². The quantitative estimate of drug-likeness (QED) is 0.863. The lowest BCUT2D eigenvalue weighted by molar-refractivity contribution is 0.0292. The zero-order valence-electron chi connectivity index (χ0n) is 14.5. The van der Waals surface area contributed by atoms with E-state index in [4.69, 9.17) is 4.74 Å². The third-order valence-corrected chi connectivity index (χ3v) is 4.66. The topological polar surface area (TPSA) is 41.6 Å². The molecular weight excluding hydrogens is 288 g/mol. The van der Waals surface area contributed by atoms with Crippen molar-refractivity contribution in [1.82, 2.24) is 10.2 Å². The Kier molecular flexibility index (Phi) is 4.62. The highest BCUT2D eigenvalue weighted by atomic mass is 16.6. The summed E-state index contributed by atoms with van der Waals surface area (Å²) in [5.41, 5.74) is 3.85. The second kappa shape index (κ2) is 6.52. The number of hydrogen-bond donors (Lipinski definition) is 1. The van der Waals surface area contributed by atoms with E-state index in [1.165, 1.54) is 23.1 Å². The first kappa shape index (κ1) is 16.3. The van der Waals surface area contributed by atoms with Gasteiger partial charge in [0, 0.05) is 25.6 Å². The lowest BCUT2D eigenvalue weighted by Crippen LogP contribution is -2.35. The molecule has 1 aromatic carbocycles. The minimum Gasteiger partial charge on any atom is -0.444 e. The van der Waals surface area contributed by atoms with Gasteiger partial charge in [0.2, 0.25) is 0 Å². The Bertz CT molecular complexity index is 577. The molecule has 1 N–H and O–H groups in total. The van der Waals surface area contributed by atoms with E-state index >= 15 is 0 Å². The van der Waals surface area contributed by atoms with Gasteiger partial charge in [0.05, 0.1) is 0 Å². The lowest BCUT2D eigenvalue weighted by Gasteiger charge is -2.24. The normalized spacial score (nSPS) is 21.7. The fourth-order valence-corrected chi connectivity index (χ4v) is 3.46. The third kappa shape index (κ3) is 4.05. The molecule has 0 radical (unpaired) electrons. The minimum absolute atomic E-state index is 0.182. The molecule has 1 amide bonds. The van der Waals surface area contributed by atoms with Crippen LogP contribution >= 0.6 is 0 Å². The summed E-state index contributed by atoms with van der Waals surface area (Å²) in [4.78, 5) is 14.1. The van der Waals surface area contributed by atoms with E-state index in [9.17, 15) is 4.79 Å². The average Bonchev–Trinajstić information content (AvgIpc) is 2.85. The second-order valence-corrected chi connectivity index (χ2v) is 7.72. The number of carbonyl (C=O) groups is 1. The summed E-state index contributed by atoms with van der Waals surface area (Å²) < 4.78 is 5.49. The largest absolute Gasteiger partial charge is 0.444 e. The van der Waals surface area contributed by atoms with E-state index in [2.05, 4.69) is 23.5 Å². The first-order chi connectivity index (χ1) is 10.9. The molecule has 1 unspecified atom stereocenters. The monoisotopic (exact) mass is 316 g/mol. The number of likely N-dealkylation sites (tertiary alicyclic amines) is 1. The molecule has 1 fully saturated rings. The van der Waals surface area contributed by atoms with Crippen molar-refractivity contribution in [2.24, 2.45) is 0 Å². The predicted octanol–water partition coefficient (Wildman–Crippen LogP) is 3.45. The summed E-state index contributed by atoms with van der Waals surface area (Å²) in [6, 6.07) is 6.87. The molecular formula is C19H28N2O2. The van der Waals surface area contributed by atoms with Gasteiger partial charge in [-0.2, -0.15) is 0 Å². The van der Waals surface area contributed by atoms with Gasteiger partial charge >= 0.3 is 6.09 Å². The molecule has 0 aromatic heterocycles. The standard InChI is InChI=1S/C19H28N2O2/c1-19(2,3)23-18(22)21-10-8-17(13-21)15-6-7-16-12-20-9-4-5-14(16)11-15/h6-7,11,17,20H,4-5,8-10,12-13H2,1-3H3. The molecule has 4 nitrogen and oxygen atoms in total. The molecule has 23 heavy (non-hydrogen) atoms. The minimum atomic E-state index is -0.424. The molecule has 4 heteroatoms. The van der Waals surface area contributed by atoms with Crippen LogP contribution in [0.5, 0.6) is 0 Å². The Morgan fingerprint density at radius 3 is 2.91 bits per heavy atom. The van der Waals surface area contributed by atoms with E-state index in [0.717, 1.165) is 39.0 Å². The Labute approximate surface area is 139 Å². The maximum absolute atomic E-state index is 12.2. The van der Waals surface area contributed by atoms with E-state index in [-0.39, 0.29) is 6.09 Å². The SMILES string of the molecule is CC(C)(C)OC(=O)N1CCC(c2ccc3c(c2)CCCNC3)C1. The van der Waals surface area contributed by atoms with Gasteiger partial charge in [-0.3, -0.25) is 0 Å². The summed E-state index contributed by atoms with van der Waals surface area (Å²) in [5, 5.41) is 3.47. The van der Waals surface area contributed by atoms with Crippen molar-refractivity contribution in [3.63, 3.8) is 0 Å². The van der Waals surface area contributed by atoms with E-state index < -0.39 is 5.60 Å². The van der Waals surface area contributed by atoms with Crippen LogP contribution in [0.3, 0.4) is 0 Å². The molecule has 1 saturated heterocycles. The molecule has 0 spiro atoms. The maximum atomic E-state index is 12.2. The highest BCUT2D eigenvalue weighted by Gasteiger charge is 2.30. The Morgan fingerprint density at radius 1 is 1.30 bits per heavy atom. The van der Waals surface area contributed by atoms with Crippen LogP contribution < -0.4 is 5.32 Å². The Hall–Kier alpha value is -1.55. The molecule has 2 aliphatic rings. The maximum Gasteiger partial charge on any atom is 0.410 e. The predicted molar refractivity (Wildman–Crippen MR) is 91.6 cm³/mol. The summed E-state index contributed by atoms with van der Waals surface area (Å²) >= 11 is 0. The summed E-state index contributed by atoms with van der Waals surface area (Å²) in [6.07, 6.45) is 3.19. The van der Waals surface area contributed by atoms with E-state index in [0.29, 0.717) is 5.92 Å². The van der Waals surface area contributed by atoms with Crippen molar-refractivity contribution < 1.29 is 9.53 Å². The van der Waals surface area contributed by atoms with Gasteiger partial charge in [0.15, 0.2) is 0 Å². The fourth-order valence-electron chi connectivity index (χ4n) is 3.46. The van der Waals surface area contributed by atoms with Gasteiger partial charge < -0.3 is 15.0 Å². The van der Waals surface area contributed by atoms with E-state index in [1.807, 2.05) is 25.7 Å². The van der Waals surface area contributed by atoms with Crippen LogP contribution in [0.4, 0.5) is 4.79 Å². The molecule has 0 bridgehead atoms. The average molecular weight is 316 g/mol. The Morgan fingerprint density at radius 2 is 2.13 bits per heavy atom. The fraction of sp³-hybridized carbons (Fsp3) is 0.632. The van der Waals surface area contributed by atoms with Crippen molar-refractivity contribution in [2.75, 3.05) is 19.6 Å². The number of aryl methyl sites for hydroxylation is 1. The van der Waals surface area contributed by atoms with Gasteiger partial charge in [0.1, 0.15) is 5.60 Å². The van der Waals surface area contributed by atoms with Crippen LogP contribution in [0.25, 0.3) is 0 Å². The molecule has 1 aromatic rings. The van der Waals surface area contributed by atoms with Gasteiger partial charge in [-0.15, -0.1) is 0 Å². The molecule has 126 valence electrons. The van der Waals surface area contributed by atoms with Crippen molar-refractivity contribution in [3.8, 4) is 0 Å². The van der Waals surface area contributed by atoms with Gasteiger partial charge in [-0.05, 0) is 63.3 Å². The van der Waals surface area contributed by atoms with Gasteiger partial charge in [0.25, 0.3) is 0 Å². The summed E-state index contributed by atoms with van der Waals surface area (Å²) in [5.74, 6) is 0.434. The first-order valence-electron chi connectivity index (χ1n) is 8.73. The highest BCUT2D eigenvalue weighted by molar-refractivity contribution is 5.68. The molecule has 3 rings (SSSR count). The smallest absolute Gasteiger partial charge is 0.410 e. The van der Waals surface area contributed by atoms with Crippen LogP contribution in [0, 0.1) is 0 Å². The molecule has 2 heterocycles. The number of nitrogens with zero attached hydrogens (tertiary/aromatic N) is 1. The van der Waals surface area contributed by atoms with Crippen molar-refractivity contribution in [2.45, 2.75) is 58.1 Å². The number of amides is 1. The van der Waals surface area contributed by atoms with Crippen LogP contribution in [0.1, 0.15) is 56.2 Å². The number of nitrogens with one attached hydrogen (secondary N) is 1. The second-order valence-electron chi connectivity index (χ2n) is 7.72. The van der Waals surface area contributed by atoms with Crippen LogP contribution in [-0.4, -0.2) is 36.2 Å². The highest BCUT2D eigenvalue weighted by Crippen LogP contribution is 2.30. The number of fused-ring (bicyclic) bond motifs is 1. The molecule has 0 saturated carbocycles. The first-order valence-corrected chi connectivity index (χ1v) is 8.73. The lowest BCUT2D eigenvalue weighted by atomic mass is 9.93. The van der Waals surface area contributed by atoms with Gasteiger partial charge in [-0.25, -0.2) is 4.79 Å². The zero-order chi connectivity index (χ0) is 16.4. The van der Waals surface area contributed by atoms with Crippen LogP contribution in [-0.2, 0) is 17.7 Å². The zero-order valence-corrected chi connectivity index (χ0v) is 14.5. The number of ether oxygens (including phenoxy) is 1. The third-order valence-electron chi connectivity index (χ3n) is 4.66. The number of benzene rings is 1. The number of hydrogen-bond acceptors (Lipinski definition) is 3. The van der Waals surface area contributed by atoms with E-state index in [1.54, 1.807) is 0 Å². The van der Waals surface area contributed by atoms with Crippen molar-refractivity contribution in [1.29, 1.82) is 0 Å². The Balaban J connectivity index is 1.67. The number of carbonyl (C=O) groups excluding carboxylic acids is 1. The molecule has 2 aliphatic heterocycles.